The van der Waals surface area contributed by atoms with Gasteiger partial charge in [0.1, 0.15) is 12.4 Å². The quantitative estimate of drug-likeness (QED) is 0.389. The Morgan fingerprint density at radius 3 is 2.51 bits per heavy atom. The maximum Gasteiger partial charge on any atom is 0.325 e. The number of aromatic nitrogens is 2. The molecule has 2 aromatic carbocycles. The molecular formula is C25H29BrN4O5. The van der Waals surface area contributed by atoms with Crippen molar-refractivity contribution in [1.82, 2.24) is 19.8 Å². The molecule has 0 aliphatic heterocycles. The fraction of sp³-hybridized carbons (Fsp3) is 0.360. The topological polar surface area (TPSA) is 103 Å². The van der Waals surface area contributed by atoms with Gasteiger partial charge in [0.2, 0.25) is 0 Å². The third-order valence-corrected chi connectivity index (χ3v) is 5.96. The fourth-order valence-electron chi connectivity index (χ4n) is 3.81. The Hall–Kier alpha value is -3.24. The van der Waals surface area contributed by atoms with Crippen LogP contribution >= 0.6 is 15.9 Å². The SMILES string of the molecule is CCOC(=O)CNC(=O)N(CCOC)C(CC)c1nc2ccccc2c(=O)n1-c1ccc(Br)cc1. The van der Waals surface area contributed by atoms with Crippen LogP contribution in [0.2, 0.25) is 0 Å². The molecule has 0 saturated heterocycles. The van der Waals surface area contributed by atoms with Crippen molar-refractivity contribution in [3.63, 3.8) is 0 Å². The van der Waals surface area contributed by atoms with Crippen LogP contribution in [0.4, 0.5) is 4.79 Å². The second-order valence-corrected chi connectivity index (χ2v) is 8.59. The van der Waals surface area contributed by atoms with Crippen molar-refractivity contribution in [1.29, 1.82) is 0 Å². The molecule has 186 valence electrons. The molecule has 9 nitrogen and oxygen atoms in total. The number of carbonyl (C=O) groups is 2. The van der Waals surface area contributed by atoms with Gasteiger partial charge in [-0.05, 0) is 49.7 Å². The second-order valence-electron chi connectivity index (χ2n) is 7.68. The number of halogens is 1. The minimum Gasteiger partial charge on any atom is -0.465 e. The van der Waals surface area contributed by atoms with Gasteiger partial charge in [-0.3, -0.25) is 14.2 Å². The molecule has 1 N–H and O–H groups in total. The lowest BCUT2D eigenvalue weighted by molar-refractivity contribution is -0.141. The van der Waals surface area contributed by atoms with E-state index in [1.54, 1.807) is 36.8 Å². The van der Waals surface area contributed by atoms with Gasteiger partial charge in [0, 0.05) is 18.1 Å². The Morgan fingerprint density at radius 1 is 1.14 bits per heavy atom. The predicted molar refractivity (Wildman–Crippen MR) is 137 cm³/mol. The summed E-state index contributed by atoms with van der Waals surface area (Å²) in [6.45, 7) is 4.06. The molecule has 35 heavy (non-hydrogen) atoms. The number of para-hydroxylation sites is 1. The minimum absolute atomic E-state index is 0.222. The Bertz CT molecular complexity index is 1230. The zero-order valence-electron chi connectivity index (χ0n) is 20.0. The van der Waals surface area contributed by atoms with Crippen molar-refractivity contribution >= 4 is 38.8 Å². The molecule has 0 saturated carbocycles. The van der Waals surface area contributed by atoms with Gasteiger partial charge in [0.05, 0.1) is 35.8 Å². The lowest BCUT2D eigenvalue weighted by atomic mass is 10.1. The van der Waals surface area contributed by atoms with E-state index < -0.39 is 18.0 Å². The van der Waals surface area contributed by atoms with E-state index in [4.69, 9.17) is 14.5 Å². The summed E-state index contributed by atoms with van der Waals surface area (Å²) in [4.78, 5) is 45.0. The van der Waals surface area contributed by atoms with Gasteiger partial charge in [-0.25, -0.2) is 9.78 Å². The highest BCUT2D eigenvalue weighted by molar-refractivity contribution is 9.10. The van der Waals surface area contributed by atoms with Crippen molar-refractivity contribution in [2.24, 2.45) is 0 Å². The van der Waals surface area contributed by atoms with Crippen molar-refractivity contribution < 1.29 is 19.1 Å². The molecule has 1 atom stereocenters. The van der Waals surface area contributed by atoms with Gasteiger partial charge in [0.15, 0.2) is 0 Å². The van der Waals surface area contributed by atoms with Gasteiger partial charge < -0.3 is 19.7 Å². The highest BCUT2D eigenvalue weighted by atomic mass is 79.9. The number of nitrogens with zero attached hydrogens (tertiary/aromatic N) is 3. The lowest BCUT2D eigenvalue weighted by Crippen LogP contribution is -2.46. The first-order chi connectivity index (χ1) is 16.9. The van der Waals surface area contributed by atoms with E-state index >= 15 is 0 Å². The fourth-order valence-corrected chi connectivity index (χ4v) is 4.07. The molecule has 10 heteroatoms. The summed E-state index contributed by atoms with van der Waals surface area (Å²) in [7, 11) is 1.54. The van der Waals surface area contributed by atoms with Crippen LogP contribution in [-0.4, -0.2) is 59.9 Å². The summed E-state index contributed by atoms with van der Waals surface area (Å²) in [6, 6.07) is 13.4. The van der Waals surface area contributed by atoms with Gasteiger partial charge >= 0.3 is 12.0 Å². The van der Waals surface area contributed by atoms with Crippen LogP contribution in [0.25, 0.3) is 16.6 Å². The van der Waals surface area contributed by atoms with E-state index in [0.29, 0.717) is 28.8 Å². The molecular weight excluding hydrogens is 516 g/mol. The zero-order chi connectivity index (χ0) is 25.4. The number of hydrogen-bond donors (Lipinski definition) is 1. The first-order valence-electron chi connectivity index (χ1n) is 11.4. The standard InChI is InChI=1S/C25H29BrN4O5/c1-4-21(29(14-15-34-3)25(33)27-16-22(31)35-5-2)23-28-20-9-7-6-8-19(20)24(32)30(23)18-12-10-17(26)11-13-18/h6-13,21H,4-5,14-16H2,1-3H3,(H,27,33). The summed E-state index contributed by atoms with van der Waals surface area (Å²) in [6.07, 6.45) is 0.470. The molecule has 1 aromatic heterocycles. The summed E-state index contributed by atoms with van der Waals surface area (Å²) in [5, 5.41) is 3.09. The molecule has 3 aromatic rings. The summed E-state index contributed by atoms with van der Waals surface area (Å²) >= 11 is 3.43. The van der Waals surface area contributed by atoms with Crippen LogP contribution in [0.1, 0.15) is 32.1 Å². The molecule has 0 aliphatic carbocycles. The van der Waals surface area contributed by atoms with Crippen LogP contribution in [0.3, 0.4) is 0 Å². The first-order valence-corrected chi connectivity index (χ1v) is 12.2. The lowest BCUT2D eigenvalue weighted by Gasteiger charge is -2.32. The molecule has 1 heterocycles. The number of urea groups is 1. The maximum atomic E-state index is 13.7. The highest BCUT2D eigenvalue weighted by Gasteiger charge is 2.29. The number of carbonyl (C=O) groups excluding carboxylic acids is 2. The number of ether oxygens (including phenoxy) is 2. The average molecular weight is 545 g/mol. The minimum atomic E-state index is -0.576. The molecule has 3 rings (SSSR count). The van der Waals surface area contributed by atoms with Crippen LogP contribution < -0.4 is 10.9 Å². The smallest absolute Gasteiger partial charge is 0.325 e. The largest absolute Gasteiger partial charge is 0.465 e. The number of esters is 1. The summed E-state index contributed by atoms with van der Waals surface area (Å²) < 4.78 is 12.6. The van der Waals surface area contributed by atoms with Gasteiger partial charge in [-0.15, -0.1) is 0 Å². The van der Waals surface area contributed by atoms with Crippen LogP contribution in [0.5, 0.6) is 0 Å². The van der Waals surface area contributed by atoms with E-state index in [2.05, 4.69) is 21.2 Å². The number of hydrogen-bond acceptors (Lipinski definition) is 6. The first kappa shape index (κ1) is 26.4. The molecule has 1 unspecified atom stereocenters. The van der Waals surface area contributed by atoms with E-state index in [9.17, 15) is 14.4 Å². The maximum absolute atomic E-state index is 13.7. The van der Waals surface area contributed by atoms with Gasteiger partial charge in [0.25, 0.3) is 5.56 Å². The van der Waals surface area contributed by atoms with E-state index in [1.807, 2.05) is 37.3 Å². The Balaban J connectivity index is 2.13. The van der Waals surface area contributed by atoms with Crippen molar-refractivity contribution in [3.05, 3.63) is 69.2 Å². The monoisotopic (exact) mass is 544 g/mol. The van der Waals surface area contributed by atoms with Crippen molar-refractivity contribution in [2.45, 2.75) is 26.3 Å². The van der Waals surface area contributed by atoms with E-state index in [-0.39, 0.29) is 31.9 Å². The Labute approximate surface area is 212 Å². The molecule has 0 fully saturated rings. The summed E-state index contributed by atoms with van der Waals surface area (Å²) in [5.74, 6) is -0.114. The predicted octanol–water partition coefficient (Wildman–Crippen LogP) is 3.82. The zero-order valence-corrected chi connectivity index (χ0v) is 21.6. The number of fused-ring (bicyclic) bond motifs is 1. The average Bonchev–Trinajstić information content (AvgIpc) is 2.86. The number of amides is 2. The third kappa shape index (κ3) is 6.26. The molecule has 0 spiro atoms. The summed E-state index contributed by atoms with van der Waals surface area (Å²) in [5.41, 5.74) is 0.937. The van der Waals surface area contributed by atoms with Crippen LogP contribution in [-0.2, 0) is 14.3 Å². The Morgan fingerprint density at radius 2 is 1.86 bits per heavy atom. The second kappa shape index (κ2) is 12.5. The van der Waals surface area contributed by atoms with E-state index in [1.165, 1.54) is 4.90 Å². The highest BCUT2D eigenvalue weighted by Crippen LogP contribution is 2.26. The Kier molecular flexibility index (Phi) is 9.39. The van der Waals surface area contributed by atoms with Crippen molar-refractivity contribution in [2.75, 3.05) is 33.4 Å². The number of nitrogens with one attached hydrogen (secondary N) is 1. The molecule has 0 bridgehead atoms. The molecule has 0 aliphatic rings. The van der Waals surface area contributed by atoms with Crippen LogP contribution in [0.15, 0.2) is 57.8 Å². The number of rotatable bonds is 10. The number of benzene rings is 2. The van der Waals surface area contributed by atoms with E-state index in [0.717, 1.165) is 4.47 Å². The molecule has 0 radical (unpaired) electrons. The number of methoxy groups -OCH3 is 1. The van der Waals surface area contributed by atoms with Crippen LogP contribution in [0, 0.1) is 0 Å². The van der Waals surface area contributed by atoms with Gasteiger partial charge in [-0.1, -0.05) is 35.0 Å². The third-order valence-electron chi connectivity index (χ3n) is 5.43. The normalized spacial score (nSPS) is 11.8. The van der Waals surface area contributed by atoms with Crippen molar-refractivity contribution in [3.8, 4) is 5.69 Å². The van der Waals surface area contributed by atoms with Gasteiger partial charge in [-0.2, -0.15) is 0 Å². The molecule has 2 amide bonds.